The van der Waals surface area contributed by atoms with Crippen molar-refractivity contribution < 1.29 is 14.3 Å². The number of carbonyl (C=O) groups is 1. The van der Waals surface area contributed by atoms with E-state index >= 15 is 0 Å². The molecule has 1 aromatic heterocycles. The van der Waals surface area contributed by atoms with Crippen molar-refractivity contribution in [1.82, 2.24) is 14.9 Å². The molecule has 0 bridgehead atoms. The number of amides is 1. The monoisotopic (exact) mass is 384 g/mol. The van der Waals surface area contributed by atoms with Crippen LogP contribution in [0.4, 0.5) is 10.3 Å². The van der Waals surface area contributed by atoms with Crippen LogP contribution in [-0.4, -0.2) is 58.2 Å². The second-order valence-corrected chi connectivity index (χ2v) is 7.93. The summed E-state index contributed by atoms with van der Waals surface area (Å²) in [5.41, 5.74) is 1.24. The lowest BCUT2D eigenvalue weighted by atomic mass is 9.71. The fourth-order valence-corrected chi connectivity index (χ4v) is 4.51. The molecule has 2 aliphatic heterocycles. The van der Waals surface area contributed by atoms with Gasteiger partial charge in [0.15, 0.2) is 5.82 Å². The van der Waals surface area contributed by atoms with E-state index in [4.69, 9.17) is 0 Å². The van der Waals surface area contributed by atoms with Crippen LogP contribution in [0.25, 0.3) is 0 Å². The van der Waals surface area contributed by atoms with E-state index in [1.807, 2.05) is 41.0 Å². The maximum Gasteiger partial charge on any atom is 0.254 e. The van der Waals surface area contributed by atoms with Crippen LogP contribution in [0.15, 0.2) is 36.7 Å². The molecule has 28 heavy (non-hydrogen) atoms. The number of rotatable bonds is 2. The highest BCUT2D eigenvalue weighted by atomic mass is 19.1. The van der Waals surface area contributed by atoms with E-state index in [2.05, 4.69) is 9.97 Å². The standard InChI is InChI=1S/C21H25FN4O2/c1-15-5-2-3-6-17(15)19(28)25-9-4-8-21(13-25)14-26(10-7-18(21)27)20-23-11-16(22)12-24-20/h2-3,5-6,11-12,18,27H,4,7-10,13-14H2,1H3/t18?,21-/m0/s1. The van der Waals surface area contributed by atoms with Crippen molar-refractivity contribution in [3.8, 4) is 0 Å². The number of halogens is 1. The van der Waals surface area contributed by atoms with Gasteiger partial charge in [-0.1, -0.05) is 18.2 Å². The Hall–Kier alpha value is -2.54. The van der Waals surface area contributed by atoms with E-state index < -0.39 is 17.3 Å². The van der Waals surface area contributed by atoms with Crippen molar-refractivity contribution in [1.29, 1.82) is 0 Å². The van der Waals surface area contributed by atoms with Gasteiger partial charge in [-0.15, -0.1) is 0 Å². The lowest BCUT2D eigenvalue weighted by Gasteiger charge is -2.51. The van der Waals surface area contributed by atoms with Gasteiger partial charge in [0.25, 0.3) is 5.91 Å². The number of benzene rings is 1. The molecule has 2 saturated heterocycles. The van der Waals surface area contributed by atoms with E-state index in [0.717, 1.165) is 30.8 Å². The molecule has 3 heterocycles. The van der Waals surface area contributed by atoms with E-state index in [0.29, 0.717) is 44.1 Å². The van der Waals surface area contributed by atoms with Gasteiger partial charge in [-0.2, -0.15) is 0 Å². The van der Waals surface area contributed by atoms with E-state index in [9.17, 15) is 14.3 Å². The summed E-state index contributed by atoms with van der Waals surface area (Å²) < 4.78 is 13.2. The van der Waals surface area contributed by atoms with Crippen LogP contribution in [0.3, 0.4) is 0 Å². The molecule has 0 aliphatic carbocycles. The molecule has 1 aromatic carbocycles. The van der Waals surface area contributed by atoms with E-state index in [1.165, 1.54) is 0 Å². The first-order valence-electron chi connectivity index (χ1n) is 9.74. The van der Waals surface area contributed by atoms with Gasteiger partial charge in [-0.05, 0) is 37.8 Å². The number of aliphatic hydroxyl groups is 1. The highest BCUT2D eigenvalue weighted by Gasteiger charge is 2.47. The Kier molecular flexibility index (Phi) is 5.02. The van der Waals surface area contributed by atoms with Gasteiger partial charge in [0.2, 0.25) is 5.95 Å². The quantitative estimate of drug-likeness (QED) is 0.861. The Morgan fingerprint density at radius 1 is 1.21 bits per heavy atom. The van der Waals surface area contributed by atoms with Crippen molar-refractivity contribution in [3.63, 3.8) is 0 Å². The maximum absolute atomic E-state index is 13.2. The van der Waals surface area contributed by atoms with Crippen LogP contribution >= 0.6 is 0 Å². The predicted molar refractivity (Wildman–Crippen MR) is 104 cm³/mol. The molecule has 148 valence electrons. The highest BCUT2D eigenvalue weighted by Crippen LogP contribution is 2.40. The minimum atomic E-state index is -0.489. The lowest BCUT2D eigenvalue weighted by Crippen LogP contribution is -2.60. The number of aliphatic hydroxyl groups excluding tert-OH is 1. The van der Waals surface area contributed by atoms with Crippen molar-refractivity contribution >= 4 is 11.9 Å². The zero-order chi connectivity index (χ0) is 19.7. The van der Waals surface area contributed by atoms with Crippen molar-refractivity contribution in [2.75, 3.05) is 31.1 Å². The summed E-state index contributed by atoms with van der Waals surface area (Å²) in [5.74, 6) is 0.0118. The Labute approximate surface area is 164 Å². The van der Waals surface area contributed by atoms with Crippen LogP contribution in [0.5, 0.6) is 0 Å². The van der Waals surface area contributed by atoms with Gasteiger partial charge < -0.3 is 14.9 Å². The Bertz CT molecular complexity index is 860. The number of aromatic nitrogens is 2. The Morgan fingerprint density at radius 2 is 1.96 bits per heavy atom. The predicted octanol–water partition coefficient (Wildman–Crippen LogP) is 2.42. The van der Waals surface area contributed by atoms with Crippen molar-refractivity contribution in [2.45, 2.75) is 32.3 Å². The fourth-order valence-electron chi connectivity index (χ4n) is 4.51. The molecule has 1 amide bonds. The normalized spacial score (nSPS) is 25.2. The maximum atomic E-state index is 13.2. The summed E-state index contributed by atoms with van der Waals surface area (Å²) in [6, 6.07) is 7.60. The van der Waals surface area contributed by atoms with Gasteiger partial charge >= 0.3 is 0 Å². The first-order chi connectivity index (χ1) is 13.5. The van der Waals surface area contributed by atoms with Crippen LogP contribution in [-0.2, 0) is 0 Å². The third kappa shape index (κ3) is 3.46. The van der Waals surface area contributed by atoms with Crippen LogP contribution in [0.2, 0.25) is 0 Å². The number of anilines is 1. The summed E-state index contributed by atoms with van der Waals surface area (Å²) >= 11 is 0. The summed E-state index contributed by atoms with van der Waals surface area (Å²) in [4.78, 5) is 25.2. The van der Waals surface area contributed by atoms with Gasteiger partial charge in [-0.25, -0.2) is 14.4 Å². The molecular formula is C21H25FN4O2. The Balaban J connectivity index is 1.56. The number of nitrogens with zero attached hydrogens (tertiary/aromatic N) is 4. The zero-order valence-corrected chi connectivity index (χ0v) is 16.0. The molecule has 1 unspecified atom stereocenters. The average molecular weight is 384 g/mol. The molecule has 7 heteroatoms. The molecule has 2 aliphatic rings. The largest absolute Gasteiger partial charge is 0.392 e. The van der Waals surface area contributed by atoms with Gasteiger partial charge in [0.1, 0.15) is 0 Å². The molecule has 1 spiro atoms. The summed E-state index contributed by atoms with van der Waals surface area (Å²) in [6.07, 6.45) is 4.09. The number of carbonyl (C=O) groups excluding carboxylic acids is 1. The molecule has 4 rings (SSSR count). The first-order valence-corrected chi connectivity index (χ1v) is 9.74. The highest BCUT2D eigenvalue weighted by molar-refractivity contribution is 5.95. The summed E-state index contributed by atoms with van der Waals surface area (Å²) in [7, 11) is 0. The Morgan fingerprint density at radius 3 is 2.71 bits per heavy atom. The molecule has 0 saturated carbocycles. The smallest absolute Gasteiger partial charge is 0.254 e. The van der Waals surface area contributed by atoms with E-state index in [1.54, 1.807) is 0 Å². The second-order valence-electron chi connectivity index (χ2n) is 7.93. The van der Waals surface area contributed by atoms with Crippen LogP contribution in [0, 0.1) is 18.2 Å². The van der Waals surface area contributed by atoms with Crippen LogP contribution in [0.1, 0.15) is 35.2 Å². The summed E-state index contributed by atoms with van der Waals surface area (Å²) in [5, 5.41) is 10.9. The molecule has 2 aromatic rings. The van der Waals surface area contributed by atoms with Crippen molar-refractivity contribution in [3.05, 3.63) is 53.6 Å². The van der Waals surface area contributed by atoms with Gasteiger partial charge in [-0.3, -0.25) is 4.79 Å². The van der Waals surface area contributed by atoms with Crippen LogP contribution < -0.4 is 4.90 Å². The molecule has 6 nitrogen and oxygen atoms in total. The number of piperidine rings is 2. The molecule has 1 N–H and O–H groups in total. The van der Waals surface area contributed by atoms with Crippen molar-refractivity contribution in [2.24, 2.45) is 5.41 Å². The minimum Gasteiger partial charge on any atom is -0.392 e. The summed E-state index contributed by atoms with van der Waals surface area (Å²) in [6.45, 7) is 4.29. The zero-order valence-electron chi connectivity index (χ0n) is 16.0. The topological polar surface area (TPSA) is 69.6 Å². The number of hydrogen-bond donors (Lipinski definition) is 1. The average Bonchev–Trinajstić information content (AvgIpc) is 2.71. The van der Waals surface area contributed by atoms with Gasteiger partial charge in [0.05, 0.1) is 18.5 Å². The SMILES string of the molecule is Cc1ccccc1C(=O)N1CCC[C@]2(C1)CN(c1ncc(F)cn1)CCC2O. The number of hydrogen-bond acceptors (Lipinski definition) is 5. The molecular weight excluding hydrogens is 359 g/mol. The first kappa shape index (κ1) is 18.8. The second kappa shape index (κ2) is 7.47. The molecule has 0 radical (unpaired) electrons. The molecule has 2 fully saturated rings. The minimum absolute atomic E-state index is 0.0135. The third-order valence-corrected chi connectivity index (χ3v) is 6.05. The number of aryl methyl sites for hydroxylation is 1. The number of likely N-dealkylation sites (tertiary alicyclic amines) is 1. The third-order valence-electron chi connectivity index (χ3n) is 6.05. The fraction of sp³-hybridized carbons (Fsp3) is 0.476. The lowest BCUT2D eigenvalue weighted by molar-refractivity contribution is -0.0364. The van der Waals surface area contributed by atoms with Gasteiger partial charge in [0, 0.05) is 37.2 Å². The van der Waals surface area contributed by atoms with E-state index in [-0.39, 0.29) is 5.91 Å². The molecule has 2 atom stereocenters.